The minimum absolute atomic E-state index is 0.0409. The highest BCUT2D eigenvalue weighted by atomic mass is 19.1. The summed E-state index contributed by atoms with van der Waals surface area (Å²) in [5.41, 5.74) is 3.07. The van der Waals surface area contributed by atoms with Crippen LogP contribution in [0.2, 0.25) is 0 Å². The molecule has 0 spiro atoms. The lowest BCUT2D eigenvalue weighted by Gasteiger charge is -2.36. The second-order valence-corrected chi connectivity index (χ2v) is 6.40. The fourth-order valence-corrected chi connectivity index (χ4v) is 3.15. The van der Waals surface area contributed by atoms with Crippen molar-refractivity contribution in [3.05, 3.63) is 65.5 Å². The molecule has 0 atom stereocenters. The minimum Gasteiger partial charge on any atom is -0.366 e. The zero-order valence-corrected chi connectivity index (χ0v) is 14.5. The van der Waals surface area contributed by atoms with Crippen LogP contribution in [0, 0.1) is 12.7 Å². The standard InChI is InChI=1S/C20H24FN3O/c1-16-5-4-6-17(15-16)9-10-22-20(25)24-13-11-23(12-14-24)19-8-3-2-7-18(19)21/h2-8,15H,9-14H2,1H3,(H,22,25). The van der Waals surface area contributed by atoms with Gasteiger partial charge < -0.3 is 15.1 Å². The van der Waals surface area contributed by atoms with Crippen LogP contribution in [0.4, 0.5) is 14.9 Å². The minimum atomic E-state index is -0.210. The molecule has 3 rings (SSSR count). The molecule has 0 aliphatic carbocycles. The maximum Gasteiger partial charge on any atom is 0.317 e. The third-order valence-electron chi connectivity index (χ3n) is 4.53. The highest BCUT2D eigenvalue weighted by Gasteiger charge is 2.22. The van der Waals surface area contributed by atoms with Gasteiger partial charge in [0.15, 0.2) is 0 Å². The monoisotopic (exact) mass is 341 g/mol. The van der Waals surface area contributed by atoms with Crippen molar-refractivity contribution in [2.24, 2.45) is 0 Å². The maximum atomic E-state index is 13.9. The van der Waals surface area contributed by atoms with Gasteiger partial charge in [0.25, 0.3) is 0 Å². The van der Waals surface area contributed by atoms with Crippen LogP contribution >= 0.6 is 0 Å². The van der Waals surface area contributed by atoms with Crippen LogP contribution in [-0.2, 0) is 6.42 Å². The quantitative estimate of drug-likeness (QED) is 0.927. The summed E-state index contributed by atoms with van der Waals surface area (Å²) >= 11 is 0. The Bertz CT molecular complexity index is 726. The molecule has 0 radical (unpaired) electrons. The van der Waals surface area contributed by atoms with E-state index in [4.69, 9.17) is 0 Å². The molecule has 1 N–H and O–H groups in total. The summed E-state index contributed by atoms with van der Waals surface area (Å²) in [6.07, 6.45) is 0.822. The SMILES string of the molecule is Cc1cccc(CCNC(=O)N2CCN(c3ccccc3F)CC2)c1. The summed E-state index contributed by atoms with van der Waals surface area (Å²) in [5, 5.41) is 2.98. The molecule has 132 valence electrons. The number of hydrogen-bond acceptors (Lipinski definition) is 2. The number of benzene rings is 2. The van der Waals surface area contributed by atoms with Crippen LogP contribution in [-0.4, -0.2) is 43.7 Å². The number of urea groups is 1. The van der Waals surface area contributed by atoms with Crippen LogP contribution in [0.3, 0.4) is 0 Å². The molecule has 1 aliphatic heterocycles. The van der Waals surface area contributed by atoms with E-state index >= 15 is 0 Å². The number of nitrogens with one attached hydrogen (secondary N) is 1. The molecule has 1 saturated heterocycles. The predicted octanol–water partition coefficient (Wildman–Crippen LogP) is 3.21. The Labute approximate surface area is 148 Å². The van der Waals surface area contributed by atoms with Crippen LogP contribution in [0.5, 0.6) is 0 Å². The Morgan fingerprint density at radius 2 is 1.84 bits per heavy atom. The molecule has 1 aliphatic rings. The van der Waals surface area contributed by atoms with E-state index in [1.807, 2.05) is 17.0 Å². The largest absolute Gasteiger partial charge is 0.366 e. The zero-order chi connectivity index (χ0) is 17.6. The van der Waals surface area contributed by atoms with Crippen molar-refractivity contribution < 1.29 is 9.18 Å². The molecule has 0 bridgehead atoms. The normalized spacial score (nSPS) is 14.5. The first-order valence-corrected chi connectivity index (χ1v) is 8.71. The van der Waals surface area contributed by atoms with Crippen molar-refractivity contribution in [2.75, 3.05) is 37.6 Å². The molecule has 4 nitrogen and oxygen atoms in total. The Kier molecular flexibility index (Phi) is 5.53. The predicted molar refractivity (Wildman–Crippen MR) is 98.5 cm³/mol. The maximum absolute atomic E-state index is 13.9. The Hall–Kier alpha value is -2.56. The zero-order valence-electron chi connectivity index (χ0n) is 14.5. The average molecular weight is 341 g/mol. The molecule has 0 saturated carbocycles. The summed E-state index contributed by atoms with van der Waals surface area (Å²) in [6.45, 7) is 5.18. The fraction of sp³-hybridized carbons (Fsp3) is 0.350. The molecule has 1 fully saturated rings. The van der Waals surface area contributed by atoms with Crippen LogP contribution in [0.25, 0.3) is 0 Å². The first-order valence-electron chi connectivity index (χ1n) is 8.71. The van der Waals surface area contributed by atoms with Gasteiger partial charge in [0, 0.05) is 32.7 Å². The van der Waals surface area contributed by atoms with E-state index in [0.29, 0.717) is 38.4 Å². The van der Waals surface area contributed by atoms with E-state index in [1.165, 1.54) is 17.2 Å². The van der Waals surface area contributed by atoms with Gasteiger partial charge >= 0.3 is 6.03 Å². The highest BCUT2D eigenvalue weighted by Crippen LogP contribution is 2.20. The number of nitrogens with zero attached hydrogens (tertiary/aromatic N) is 2. The number of halogens is 1. The van der Waals surface area contributed by atoms with Crippen LogP contribution in [0.1, 0.15) is 11.1 Å². The summed E-state index contributed by atoms with van der Waals surface area (Å²) in [6, 6.07) is 15.1. The number of aryl methyl sites for hydroxylation is 1. The Morgan fingerprint density at radius 1 is 1.08 bits per heavy atom. The number of amides is 2. The van der Waals surface area contributed by atoms with Gasteiger partial charge in [-0.2, -0.15) is 0 Å². The lowest BCUT2D eigenvalue weighted by atomic mass is 10.1. The summed E-state index contributed by atoms with van der Waals surface area (Å²) in [7, 11) is 0. The van der Waals surface area contributed by atoms with Gasteiger partial charge in [-0.3, -0.25) is 0 Å². The second kappa shape index (κ2) is 8.01. The molecule has 5 heteroatoms. The molecular formula is C20H24FN3O. The highest BCUT2D eigenvalue weighted by molar-refractivity contribution is 5.74. The topological polar surface area (TPSA) is 35.6 Å². The van der Waals surface area contributed by atoms with Crippen molar-refractivity contribution in [2.45, 2.75) is 13.3 Å². The Balaban J connectivity index is 1.45. The van der Waals surface area contributed by atoms with Gasteiger partial charge in [-0.15, -0.1) is 0 Å². The van der Waals surface area contributed by atoms with Gasteiger partial charge in [-0.05, 0) is 31.0 Å². The fourth-order valence-electron chi connectivity index (χ4n) is 3.15. The lowest BCUT2D eigenvalue weighted by molar-refractivity contribution is 0.194. The summed E-state index contributed by atoms with van der Waals surface area (Å²) in [5.74, 6) is -0.210. The average Bonchev–Trinajstić information content (AvgIpc) is 2.62. The van der Waals surface area contributed by atoms with Crippen molar-refractivity contribution in [3.63, 3.8) is 0 Å². The van der Waals surface area contributed by atoms with Crippen LogP contribution in [0.15, 0.2) is 48.5 Å². The van der Waals surface area contributed by atoms with E-state index in [2.05, 4.69) is 30.4 Å². The summed E-state index contributed by atoms with van der Waals surface area (Å²) in [4.78, 5) is 16.1. The summed E-state index contributed by atoms with van der Waals surface area (Å²) < 4.78 is 13.9. The van der Waals surface area contributed by atoms with E-state index < -0.39 is 0 Å². The molecule has 2 aromatic rings. The van der Waals surface area contributed by atoms with E-state index in [0.717, 1.165) is 6.42 Å². The van der Waals surface area contributed by atoms with Crippen LogP contribution < -0.4 is 10.2 Å². The third kappa shape index (κ3) is 4.50. The van der Waals surface area contributed by atoms with Gasteiger partial charge in [-0.25, -0.2) is 9.18 Å². The number of carbonyl (C=O) groups excluding carboxylic acids is 1. The Morgan fingerprint density at radius 3 is 2.56 bits per heavy atom. The first kappa shape index (κ1) is 17.3. The molecule has 0 aromatic heterocycles. The first-order chi connectivity index (χ1) is 12.1. The van der Waals surface area contributed by atoms with Crippen molar-refractivity contribution >= 4 is 11.7 Å². The lowest BCUT2D eigenvalue weighted by Crippen LogP contribution is -2.52. The molecule has 0 unspecified atom stereocenters. The molecule has 2 aromatic carbocycles. The third-order valence-corrected chi connectivity index (χ3v) is 4.53. The number of piperazine rings is 1. The number of carbonyl (C=O) groups is 1. The molecule has 1 heterocycles. The smallest absolute Gasteiger partial charge is 0.317 e. The van der Waals surface area contributed by atoms with Gasteiger partial charge in [-0.1, -0.05) is 42.0 Å². The number of hydrogen-bond donors (Lipinski definition) is 1. The molecular weight excluding hydrogens is 317 g/mol. The van der Waals surface area contributed by atoms with Gasteiger partial charge in [0.05, 0.1) is 5.69 Å². The second-order valence-electron chi connectivity index (χ2n) is 6.40. The van der Waals surface area contributed by atoms with Crippen molar-refractivity contribution in [1.82, 2.24) is 10.2 Å². The van der Waals surface area contributed by atoms with Gasteiger partial charge in [0.2, 0.25) is 0 Å². The van der Waals surface area contributed by atoms with Gasteiger partial charge in [0.1, 0.15) is 5.82 Å². The van der Waals surface area contributed by atoms with Crippen molar-refractivity contribution in [1.29, 1.82) is 0 Å². The number of para-hydroxylation sites is 1. The molecule has 2 amide bonds. The number of rotatable bonds is 4. The molecule has 25 heavy (non-hydrogen) atoms. The van der Waals surface area contributed by atoms with E-state index in [-0.39, 0.29) is 11.8 Å². The van der Waals surface area contributed by atoms with Crippen molar-refractivity contribution in [3.8, 4) is 0 Å². The number of anilines is 1. The van der Waals surface area contributed by atoms with E-state index in [9.17, 15) is 9.18 Å². The van der Waals surface area contributed by atoms with E-state index in [1.54, 1.807) is 17.0 Å².